The van der Waals surface area contributed by atoms with Crippen LogP contribution in [-0.2, 0) is 0 Å². The molecule has 1 aromatic heterocycles. The molecular weight excluding hydrogens is 265 g/mol. The quantitative estimate of drug-likeness (QED) is 0.834. The minimum Gasteiger partial charge on any atom is -0.388 e. The zero-order valence-electron chi connectivity index (χ0n) is 9.74. The second-order valence-corrected chi connectivity index (χ2v) is 4.07. The van der Waals surface area contributed by atoms with E-state index < -0.39 is 12.7 Å². The van der Waals surface area contributed by atoms with Crippen LogP contribution >= 0.6 is 12.2 Å². The number of rotatable bonds is 5. The van der Waals surface area contributed by atoms with Crippen LogP contribution in [0.15, 0.2) is 12.4 Å². The zero-order chi connectivity index (χ0) is 13.8. The highest BCUT2D eigenvalue weighted by atomic mass is 32.1. The number of nitrogens with zero attached hydrogens (tertiary/aromatic N) is 3. The molecule has 0 saturated carbocycles. The molecule has 0 spiro atoms. The maximum absolute atomic E-state index is 12.5. The normalized spacial score (nSPS) is 11.3. The van der Waals surface area contributed by atoms with Gasteiger partial charge in [0.25, 0.3) is 0 Å². The number of hydrogen-bond donors (Lipinski definition) is 1. The van der Waals surface area contributed by atoms with E-state index in [1.165, 1.54) is 12.4 Å². The maximum Gasteiger partial charge on any atom is 0.405 e. The Morgan fingerprint density at radius 2 is 2.00 bits per heavy atom. The Balaban J connectivity index is 3.09. The minimum absolute atomic E-state index is 0.0682. The van der Waals surface area contributed by atoms with Crippen LogP contribution in [0.4, 0.5) is 19.0 Å². The van der Waals surface area contributed by atoms with E-state index in [1.807, 2.05) is 0 Å². The van der Waals surface area contributed by atoms with Gasteiger partial charge in [0.1, 0.15) is 17.2 Å². The first-order chi connectivity index (χ1) is 8.35. The molecule has 0 aliphatic carbocycles. The van der Waals surface area contributed by atoms with E-state index in [-0.39, 0.29) is 23.0 Å². The van der Waals surface area contributed by atoms with Crippen molar-refractivity contribution in [2.45, 2.75) is 19.5 Å². The first kappa shape index (κ1) is 14.6. The van der Waals surface area contributed by atoms with Crippen molar-refractivity contribution < 1.29 is 13.2 Å². The molecule has 0 saturated heterocycles. The number of hydrogen-bond acceptors (Lipinski definition) is 4. The van der Waals surface area contributed by atoms with E-state index >= 15 is 0 Å². The van der Waals surface area contributed by atoms with E-state index in [4.69, 9.17) is 18.0 Å². The average molecular weight is 278 g/mol. The van der Waals surface area contributed by atoms with Crippen molar-refractivity contribution in [1.29, 1.82) is 0 Å². The summed E-state index contributed by atoms with van der Waals surface area (Å²) in [5.74, 6) is 0.0733. The molecule has 0 bridgehead atoms. The van der Waals surface area contributed by atoms with Crippen molar-refractivity contribution in [2.75, 3.05) is 18.0 Å². The Morgan fingerprint density at radius 1 is 1.39 bits per heavy atom. The molecule has 0 radical (unpaired) electrons. The molecule has 4 nitrogen and oxygen atoms in total. The highest BCUT2D eigenvalue weighted by molar-refractivity contribution is 7.80. The molecule has 0 amide bonds. The lowest BCUT2D eigenvalue weighted by Crippen LogP contribution is -2.37. The Morgan fingerprint density at radius 3 is 2.50 bits per heavy atom. The standard InChI is InChI=1S/C10H13F3N4S/c1-2-5-17(6-10(11,12)13)9-7(8(14)18)15-3-4-16-9/h3-4H,2,5-6H2,1H3,(H2,14,18). The summed E-state index contributed by atoms with van der Waals surface area (Å²) in [5.41, 5.74) is 5.55. The average Bonchev–Trinajstić information content (AvgIpc) is 2.26. The van der Waals surface area contributed by atoms with Crippen LogP contribution in [0.5, 0.6) is 0 Å². The van der Waals surface area contributed by atoms with Crippen LogP contribution in [0.3, 0.4) is 0 Å². The van der Waals surface area contributed by atoms with Gasteiger partial charge in [0.2, 0.25) is 0 Å². The van der Waals surface area contributed by atoms with Crippen LogP contribution in [0.1, 0.15) is 19.0 Å². The van der Waals surface area contributed by atoms with Gasteiger partial charge in [-0.05, 0) is 6.42 Å². The molecule has 0 fully saturated rings. The van der Waals surface area contributed by atoms with Crippen molar-refractivity contribution in [1.82, 2.24) is 9.97 Å². The molecule has 1 rings (SSSR count). The van der Waals surface area contributed by atoms with Gasteiger partial charge in [-0.25, -0.2) is 9.97 Å². The van der Waals surface area contributed by atoms with E-state index in [9.17, 15) is 13.2 Å². The van der Waals surface area contributed by atoms with Crippen molar-refractivity contribution >= 4 is 23.0 Å². The Kier molecular flexibility index (Phi) is 4.83. The number of alkyl halides is 3. The van der Waals surface area contributed by atoms with Gasteiger partial charge in [0, 0.05) is 18.9 Å². The van der Waals surface area contributed by atoms with Gasteiger partial charge in [-0.3, -0.25) is 0 Å². The van der Waals surface area contributed by atoms with Gasteiger partial charge in [0.15, 0.2) is 5.82 Å². The lowest BCUT2D eigenvalue weighted by molar-refractivity contribution is -0.119. The number of thiocarbonyl (C=S) groups is 1. The second-order valence-electron chi connectivity index (χ2n) is 3.63. The summed E-state index contributed by atoms with van der Waals surface area (Å²) in [6.45, 7) is 0.878. The van der Waals surface area contributed by atoms with Crippen molar-refractivity contribution in [3.8, 4) is 0 Å². The molecule has 1 aromatic rings. The first-order valence-corrected chi connectivity index (χ1v) is 5.68. The van der Waals surface area contributed by atoms with E-state index in [0.29, 0.717) is 6.42 Å². The molecule has 0 aliphatic rings. The topological polar surface area (TPSA) is 55.0 Å². The smallest absolute Gasteiger partial charge is 0.388 e. The Labute approximate surface area is 108 Å². The van der Waals surface area contributed by atoms with E-state index in [2.05, 4.69) is 9.97 Å². The summed E-state index contributed by atoms with van der Waals surface area (Å²) in [4.78, 5) is 8.79. The monoisotopic (exact) mass is 278 g/mol. The predicted octanol–water partition coefficient (Wildman–Crippen LogP) is 1.89. The lowest BCUT2D eigenvalue weighted by atomic mass is 10.3. The van der Waals surface area contributed by atoms with Crippen molar-refractivity contribution in [3.63, 3.8) is 0 Å². The summed E-state index contributed by atoms with van der Waals surface area (Å²) in [6.07, 6.45) is -1.12. The second kappa shape index (κ2) is 5.94. The van der Waals surface area contributed by atoms with E-state index in [0.717, 1.165) is 4.90 Å². The number of anilines is 1. The fourth-order valence-electron chi connectivity index (χ4n) is 1.48. The Bertz CT molecular complexity index is 422. The molecule has 8 heteroatoms. The predicted molar refractivity (Wildman–Crippen MR) is 66.5 cm³/mol. The summed E-state index contributed by atoms with van der Waals surface area (Å²) in [6, 6.07) is 0. The van der Waals surface area contributed by atoms with Crippen LogP contribution < -0.4 is 10.6 Å². The highest BCUT2D eigenvalue weighted by Crippen LogP contribution is 2.22. The van der Waals surface area contributed by atoms with Gasteiger partial charge in [-0.1, -0.05) is 19.1 Å². The molecule has 1 heterocycles. The molecule has 100 valence electrons. The first-order valence-electron chi connectivity index (χ1n) is 5.27. The lowest BCUT2D eigenvalue weighted by Gasteiger charge is -2.25. The SMILES string of the molecule is CCCN(CC(F)(F)F)c1nccnc1C(N)=S. The largest absolute Gasteiger partial charge is 0.405 e. The summed E-state index contributed by atoms with van der Waals surface area (Å²) < 4.78 is 37.5. The van der Waals surface area contributed by atoms with E-state index in [1.54, 1.807) is 6.92 Å². The van der Waals surface area contributed by atoms with Crippen LogP contribution in [0.2, 0.25) is 0 Å². The van der Waals surface area contributed by atoms with Crippen molar-refractivity contribution in [2.24, 2.45) is 5.73 Å². The minimum atomic E-state index is -4.32. The third-order valence-corrected chi connectivity index (χ3v) is 2.27. The summed E-state index contributed by atoms with van der Waals surface area (Å²) >= 11 is 4.76. The summed E-state index contributed by atoms with van der Waals surface area (Å²) in [7, 11) is 0. The molecule has 0 aromatic carbocycles. The molecule has 0 aliphatic heterocycles. The van der Waals surface area contributed by atoms with Gasteiger partial charge < -0.3 is 10.6 Å². The molecular formula is C10H13F3N4S. The fourth-order valence-corrected chi connectivity index (χ4v) is 1.63. The van der Waals surface area contributed by atoms with Gasteiger partial charge >= 0.3 is 6.18 Å². The van der Waals surface area contributed by atoms with Gasteiger partial charge in [-0.15, -0.1) is 0 Å². The molecule has 2 N–H and O–H groups in total. The molecule has 0 unspecified atom stereocenters. The highest BCUT2D eigenvalue weighted by Gasteiger charge is 2.32. The zero-order valence-corrected chi connectivity index (χ0v) is 10.6. The van der Waals surface area contributed by atoms with Crippen molar-refractivity contribution in [3.05, 3.63) is 18.1 Å². The molecule has 18 heavy (non-hydrogen) atoms. The number of nitrogens with two attached hydrogens (primary N) is 1. The van der Waals surface area contributed by atoms with Crippen LogP contribution in [0, 0.1) is 0 Å². The third kappa shape index (κ3) is 4.10. The van der Waals surface area contributed by atoms with Gasteiger partial charge in [0.05, 0.1) is 0 Å². The summed E-state index contributed by atoms with van der Waals surface area (Å²) in [5, 5.41) is 0. The molecule has 0 atom stereocenters. The third-order valence-electron chi connectivity index (χ3n) is 2.08. The van der Waals surface area contributed by atoms with Crippen LogP contribution in [0.25, 0.3) is 0 Å². The van der Waals surface area contributed by atoms with Crippen LogP contribution in [-0.4, -0.2) is 34.2 Å². The Hall–Kier alpha value is -1.44. The van der Waals surface area contributed by atoms with Gasteiger partial charge in [-0.2, -0.15) is 13.2 Å². The fraction of sp³-hybridized carbons (Fsp3) is 0.500. The number of halogens is 3. The number of aromatic nitrogens is 2. The maximum atomic E-state index is 12.5.